The van der Waals surface area contributed by atoms with Gasteiger partial charge in [0.15, 0.2) is 0 Å². The molecule has 6 nitrogen and oxygen atoms in total. The number of hydrogen-bond acceptors (Lipinski definition) is 3. The number of benzene rings is 1. The Morgan fingerprint density at radius 3 is 2.70 bits per heavy atom. The normalized spacial score (nSPS) is 16.8. The highest BCUT2D eigenvalue weighted by molar-refractivity contribution is 5.83. The maximum absolute atomic E-state index is 12.2. The third kappa shape index (κ3) is 5.90. The van der Waals surface area contributed by atoms with Crippen molar-refractivity contribution in [3.8, 4) is 0 Å². The first kappa shape index (κ1) is 17.3. The average molecular weight is 319 g/mol. The van der Waals surface area contributed by atoms with E-state index in [4.69, 9.17) is 4.74 Å². The van der Waals surface area contributed by atoms with Crippen molar-refractivity contribution in [2.24, 2.45) is 0 Å². The van der Waals surface area contributed by atoms with Gasteiger partial charge in [0.25, 0.3) is 0 Å². The highest BCUT2D eigenvalue weighted by Crippen LogP contribution is 2.10. The lowest BCUT2D eigenvalue weighted by atomic mass is 10.2. The number of amides is 3. The maximum Gasteiger partial charge on any atom is 0.315 e. The molecule has 0 aromatic heterocycles. The zero-order valence-corrected chi connectivity index (χ0v) is 13.6. The Kier molecular flexibility index (Phi) is 6.87. The number of nitrogens with one attached hydrogen (secondary N) is 2. The van der Waals surface area contributed by atoms with Crippen LogP contribution < -0.4 is 10.6 Å². The molecule has 6 heteroatoms. The summed E-state index contributed by atoms with van der Waals surface area (Å²) < 4.78 is 5.43. The molecule has 0 aliphatic carbocycles. The van der Waals surface area contributed by atoms with Gasteiger partial charge >= 0.3 is 6.03 Å². The van der Waals surface area contributed by atoms with Crippen molar-refractivity contribution in [3.05, 3.63) is 35.9 Å². The molecule has 1 atom stereocenters. The van der Waals surface area contributed by atoms with Crippen molar-refractivity contribution in [1.82, 2.24) is 15.5 Å². The first-order valence-electron chi connectivity index (χ1n) is 8.14. The Balaban J connectivity index is 1.70. The van der Waals surface area contributed by atoms with Gasteiger partial charge in [-0.1, -0.05) is 30.3 Å². The molecule has 0 spiro atoms. The molecule has 2 N–H and O–H groups in total. The number of ether oxygens (including phenoxy) is 1. The van der Waals surface area contributed by atoms with Gasteiger partial charge < -0.3 is 20.3 Å². The summed E-state index contributed by atoms with van der Waals surface area (Å²) in [5, 5.41) is 5.35. The van der Waals surface area contributed by atoms with Crippen LogP contribution in [0.15, 0.2) is 30.3 Å². The lowest BCUT2D eigenvalue weighted by Gasteiger charge is -2.21. The molecule has 1 saturated heterocycles. The van der Waals surface area contributed by atoms with Crippen LogP contribution in [-0.2, 0) is 16.1 Å². The molecular formula is C17H25N3O3. The lowest BCUT2D eigenvalue weighted by Crippen LogP contribution is -2.45. The third-order valence-electron chi connectivity index (χ3n) is 3.87. The number of carbonyl (C=O) groups excluding carboxylic acids is 2. The predicted molar refractivity (Wildman–Crippen MR) is 87.9 cm³/mol. The zero-order chi connectivity index (χ0) is 16.5. The molecule has 1 heterocycles. The van der Waals surface area contributed by atoms with Crippen LogP contribution in [0.3, 0.4) is 0 Å². The van der Waals surface area contributed by atoms with E-state index < -0.39 is 0 Å². The van der Waals surface area contributed by atoms with Crippen LogP contribution in [0.5, 0.6) is 0 Å². The van der Waals surface area contributed by atoms with E-state index in [0.29, 0.717) is 19.6 Å². The summed E-state index contributed by atoms with van der Waals surface area (Å²) in [6.07, 6.45) is 2.11. The molecule has 2 rings (SSSR count). The molecule has 1 aromatic rings. The van der Waals surface area contributed by atoms with Gasteiger partial charge in [-0.15, -0.1) is 0 Å². The van der Waals surface area contributed by atoms with Gasteiger partial charge in [-0.2, -0.15) is 0 Å². The van der Waals surface area contributed by atoms with Gasteiger partial charge in [0.05, 0.1) is 12.6 Å². The number of hydrogen-bond donors (Lipinski definition) is 2. The SMILES string of the molecule is CCN(Cc1ccccc1)C(=O)CNC(=O)NC[C@@H]1CCCO1. The molecule has 126 valence electrons. The summed E-state index contributed by atoms with van der Waals surface area (Å²) in [7, 11) is 0. The second kappa shape index (κ2) is 9.15. The second-order valence-corrected chi connectivity index (χ2v) is 5.59. The highest BCUT2D eigenvalue weighted by Gasteiger charge is 2.17. The molecule has 1 aliphatic rings. The van der Waals surface area contributed by atoms with E-state index in [0.717, 1.165) is 25.0 Å². The van der Waals surface area contributed by atoms with E-state index in [-0.39, 0.29) is 24.6 Å². The Hall–Kier alpha value is -2.08. The smallest absolute Gasteiger partial charge is 0.315 e. The van der Waals surface area contributed by atoms with Gasteiger partial charge in [0.2, 0.25) is 5.91 Å². The van der Waals surface area contributed by atoms with Gasteiger partial charge in [-0.05, 0) is 25.3 Å². The molecule has 23 heavy (non-hydrogen) atoms. The van der Waals surface area contributed by atoms with Gasteiger partial charge in [0.1, 0.15) is 0 Å². The van der Waals surface area contributed by atoms with Crippen LogP contribution in [0, 0.1) is 0 Å². The first-order chi connectivity index (χ1) is 11.2. The van der Waals surface area contributed by atoms with Crippen LogP contribution >= 0.6 is 0 Å². The molecular weight excluding hydrogens is 294 g/mol. The molecule has 0 radical (unpaired) electrons. The standard InChI is InChI=1S/C17H25N3O3/c1-2-20(13-14-7-4-3-5-8-14)16(21)12-19-17(22)18-11-15-9-6-10-23-15/h3-5,7-8,15H,2,6,9-13H2,1H3,(H2,18,19,22)/t15-/m0/s1. The van der Waals surface area contributed by atoms with Crippen molar-refractivity contribution in [2.45, 2.75) is 32.4 Å². The van der Waals surface area contributed by atoms with Crippen LogP contribution in [0.1, 0.15) is 25.3 Å². The molecule has 1 fully saturated rings. The largest absolute Gasteiger partial charge is 0.376 e. The average Bonchev–Trinajstić information content (AvgIpc) is 3.10. The first-order valence-corrected chi connectivity index (χ1v) is 8.14. The topological polar surface area (TPSA) is 70.7 Å². The van der Waals surface area contributed by atoms with E-state index in [9.17, 15) is 9.59 Å². The predicted octanol–water partition coefficient (Wildman–Crippen LogP) is 1.51. The zero-order valence-electron chi connectivity index (χ0n) is 13.6. The van der Waals surface area contributed by atoms with Gasteiger partial charge in [-0.25, -0.2) is 4.79 Å². The molecule has 3 amide bonds. The summed E-state index contributed by atoms with van der Waals surface area (Å²) >= 11 is 0. The summed E-state index contributed by atoms with van der Waals surface area (Å²) in [5.41, 5.74) is 1.07. The Bertz CT molecular complexity index is 501. The van der Waals surface area contributed by atoms with Crippen LogP contribution in [0.25, 0.3) is 0 Å². The fourth-order valence-electron chi connectivity index (χ4n) is 2.52. The van der Waals surface area contributed by atoms with Crippen LogP contribution in [0.4, 0.5) is 4.79 Å². The minimum absolute atomic E-state index is 0.00195. The molecule has 0 saturated carbocycles. The number of carbonyl (C=O) groups is 2. The van der Waals surface area contributed by atoms with Crippen molar-refractivity contribution in [2.75, 3.05) is 26.2 Å². The minimum Gasteiger partial charge on any atom is -0.376 e. The molecule has 1 aromatic carbocycles. The van der Waals surface area contributed by atoms with E-state index >= 15 is 0 Å². The number of nitrogens with zero attached hydrogens (tertiary/aromatic N) is 1. The van der Waals surface area contributed by atoms with Crippen LogP contribution in [0.2, 0.25) is 0 Å². The summed E-state index contributed by atoms with van der Waals surface area (Å²) in [6, 6.07) is 9.48. The van der Waals surface area contributed by atoms with Crippen molar-refractivity contribution < 1.29 is 14.3 Å². The number of urea groups is 1. The Morgan fingerprint density at radius 2 is 2.04 bits per heavy atom. The molecule has 1 aliphatic heterocycles. The van der Waals surface area contributed by atoms with Crippen molar-refractivity contribution in [1.29, 1.82) is 0 Å². The van der Waals surface area contributed by atoms with Gasteiger partial charge in [0, 0.05) is 26.2 Å². The van der Waals surface area contributed by atoms with Crippen molar-refractivity contribution >= 4 is 11.9 Å². The maximum atomic E-state index is 12.2. The molecule has 0 unspecified atom stereocenters. The minimum atomic E-state index is -0.329. The fourth-order valence-corrected chi connectivity index (χ4v) is 2.52. The second-order valence-electron chi connectivity index (χ2n) is 5.59. The molecule has 0 bridgehead atoms. The monoisotopic (exact) mass is 319 g/mol. The van der Waals surface area contributed by atoms with E-state index in [1.165, 1.54) is 0 Å². The third-order valence-corrected chi connectivity index (χ3v) is 3.87. The Labute approximate surface area is 137 Å². The summed E-state index contributed by atoms with van der Waals surface area (Å²) in [4.78, 5) is 25.6. The van der Waals surface area contributed by atoms with Crippen LogP contribution in [-0.4, -0.2) is 49.2 Å². The quantitative estimate of drug-likeness (QED) is 0.800. The number of likely N-dealkylation sites (N-methyl/N-ethyl adjacent to an activating group) is 1. The van der Waals surface area contributed by atoms with E-state index in [1.54, 1.807) is 4.90 Å². The highest BCUT2D eigenvalue weighted by atomic mass is 16.5. The summed E-state index contributed by atoms with van der Waals surface area (Å²) in [5.74, 6) is -0.0939. The fraction of sp³-hybridized carbons (Fsp3) is 0.529. The number of rotatable bonds is 7. The summed E-state index contributed by atoms with van der Waals surface area (Å²) in [6.45, 7) is 4.33. The van der Waals surface area contributed by atoms with Crippen molar-refractivity contribution in [3.63, 3.8) is 0 Å². The van der Waals surface area contributed by atoms with E-state index in [2.05, 4.69) is 10.6 Å². The Morgan fingerprint density at radius 1 is 1.26 bits per heavy atom. The van der Waals surface area contributed by atoms with Gasteiger partial charge in [-0.3, -0.25) is 4.79 Å². The van der Waals surface area contributed by atoms with E-state index in [1.807, 2.05) is 37.3 Å². The lowest BCUT2D eigenvalue weighted by molar-refractivity contribution is -0.130.